The number of carbonyl (C=O) groups is 1. The molecule has 1 amide bonds. The van der Waals surface area contributed by atoms with Gasteiger partial charge in [-0.25, -0.2) is 0 Å². The second-order valence-electron chi connectivity index (χ2n) is 6.30. The molecule has 8 heteroatoms. The lowest BCUT2D eigenvalue weighted by Crippen LogP contribution is -2.43. The van der Waals surface area contributed by atoms with Crippen molar-refractivity contribution >= 4 is 47.2 Å². The molecule has 0 fully saturated rings. The third-order valence-corrected chi connectivity index (χ3v) is 5.16. The number of guanidine groups is 1. The number of halogens is 1. The number of aliphatic imine (C=N–C) groups is 1. The summed E-state index contributed by atoms with van der Waals surface area (Å²) in [4.78, 5) is 19.3. The van der Waals surface area contributed by atoms with Crippen LogP contribution in [0.1, 0.15) is 49.7 Å². The predicted molar refractivity (Wildman–Crippen MR) is 128 cm³/mol. The van der Waals surface area contributed by atoms with Gasteiger partial charge in [0.2, 0.25) is 0 Å². The first kappa shape index (κ1) is 26.1. The van der Waals surface area contributed by atoms with Crippen molar-refractivity contribution in [3.8, 4) is 0 Å². The van der Waals surface area contributed by atoms with Crippen molar-refractivity contribution in [2.45, 2.75) is 46.1 Å². The van der Waals surface area contributed by atoms with Crippen LogP contribution in [-0.2, 0) is 0 Å². The first-order chi connectivity index (χ1) is 12.6. The number of hydrogen-bond acceptors (Lipinski definition) is 4. The highest BCUT2D eigenvalue weighted by atomic mass is 127. The SMILES string of the molecule is CCN(CC)CCCC(C)NC(=NC)NCCCNC(=O)c1cccs1.I. The van der Waals surface area contributed by atoms with E-state index < -0.39 is 0 Å². The molecule has 0 aromatic carbocycles. The Balaban J connectivity index is 0.00000676. The number of carbonyl (C=O) groups excluding carboxylic acids is 1. The van der Waals surface area contributed by atoms with Gasteiger partial charge in [0.05, 0.1) is 4.88 Å². The second kappa shape index (κ2) is 16.1. The van der Waals surface area contributed by atoms with Crippen LogP contribution in [0.15, 0.2) is 22.5 Å². The maximum Gasteiger partial charge on any atom is 0.261 e. The van der Waals surface area contributed by atoms with Crippen molar-refractivity contribution in [3.05, 3.63) is 22.4 Å². The Morgan fingerprint density at radius 1 is 1.22 bits per heavy atom. The lowest BCUT2D eigenvalue weighted by atomic mass is 10.2. The molecule has 3 N–H and O–H groups in total. The van der Waals surface area contributed by atoms with Gasteiger partial charge in [0.1, 0.15) is 0 Å². The van der Waals surface area contributed by atoms with Gasteiger partial charge in [0.25, 0.3) is 5.91 Å². The summed E-state index contributed by atoms with van der Waals surface area (Å²) < 4.78 is 0. The van der Waals surface area contributed by atoms with Gasteiger partial charge >= 0.3 is 0 Å². The van der Waals surface area contributed by atoms with Crippen LogP contribution in [0.4, 0.5) is 0 Å². The highest BCUT2D eigenvalue weighted by Gasteiger charge is 2.07. The van der Waals surface area contributed by atoms with E-state index in [1.807, 2.05) is 17.5 Å². The summed E-state index contributed by atoms with van der Waals surface area (Å²) in [5.41, 5.74) is 0. The quantitative estimate of drug-likeness (QED) is 0.175. The molecule has 0 aliphatic heterocycles. The maximum atomic E-state index is 11.8. The van der Waals surface area contributed by atoms with E-state index in [-0.39, 0.29) is 29.9 Å². The Labute approximate surface area is 185 Å². The van der Waals surface area contributed by atoms with Gasteiger partial charge in [-0.1, -0.05) is 19.9 Å². The minimum Gasteiger partial charge on any atom is -0.356 e. The van der Waals surface area contributed by atoms with Crippen molar-refractivity contribution in [1.29, 1.82) is 0 Å². The third kappa shape index (κ3) is 11.5. The molecule has 1 atom stereocenters. The molecule has 0 aliphatic carbocycles. The smallest absolute Gasteiger partial charge is 0.261 e. The average molecular weight is 510 g/mol. The van der Waals surface area contributed by atoms with Crippen molar-refractivity contribution in [2.24, 2.45) is 4.99 Å². The van der Waals surface area contributed by atoms with Crippen LogP contribution in [0.25, 0.3) is 0 Å². The van der Waals surface area contributed by atoms with Gasteiger partial charge in [0.15, 0.2) is 5.96 Å². The van der Waals surface area contributed by atoms with Gasteiger partial charge in [-0.05, 0) is 57.3 Å². The molecule has 1 unspecified atom stereocenters. The molecule has 1 heterocycles. The topological polar surface area (TPSA) is 68.8 Å². The lowest BCUT2D eigenvalue weighted by Gasteiger charge is -2.21. The molecule has 27 heavy (non-hydrogen) atoms. The molecular weight excluding hydrogens is 473 g/mol. The minimum atomic E-state index is 0. The summed E-state index contributed by atoms with van der Waals surface area (Å²) in [5, 5.41) is 11.6. The van der Waals surface area contributed by atoms with Crippen LogP contribution in [-0.4, -0.2) is 62.6 Å². The number of amides is 1. The predicted octanol–water partition coefficient (Wildman–Crippen LogP) is 3.16. The van der Waals surface area contributed by atoms with Crippen LogP contribution in [0, 0.1) is 0 Å². The van der Waals surface area contributed by atoms with E-state index >= 15 is 0 Å². The monoisotopic (exact) mass is 509 g/mol. The maximum absolute atomic E-state index is 11.8. The molecule has 1 aromatic heterocycles. The van der Waals surface area contributed by atoms with Gasteiger partial charge < -0.3 is 20.9 Å². The third-order valence-electron chi connectivity index (χ3n) is 4.29. The van der Waals surface area contributed by atoms with E-state index in [2.05, 4.69) is 46.6 Å². The molecule has 1 rings (SSSR count). The number of hydrogen-bond donors (Lipinski definition) is 3. The van der Waals surface area contributed by atoms with Gasteiger partial charge in [-0.3, -0.25) is 9.79 Å². The Hall–Kier alpha value is -0.870. The summed E-state index contributed by atoms with van der Waals surface area (Å²) in [7, 11) is 1.79. The normalized spacial score (nSPS) is 12.4. The Kier molecular flexibility index (Phi) is 15.6. The largest absolute Gasteiger partial charge is 0.356 e. The zero-order chi connectivity index (χ0) is 19.2. The fourth-order valence-electron chi connectivity index (χ4n) is 2.65. The Morgan fingerprint density at radius 3 is 2.52 bits per heavy atom. The highest BCUT2D eigenvalue weighted by molar-refractivity contribution is 14.0. The minimum absolute atomic E-state index is 0. The number of nitrogens with one attached hydrogen (secondary N) is 3. The first-order valence-corrected chi connectivity index (χ1v) is 10.5. The van der Waals surface area contributed by atoms with Crippen LogP contribution < -0.4 is 16.0 Å². The number of rotatable bonds is 12. The van der Waals surface area contributed by atoms with Crippen LogP contribution >= 0.6 is 35.3 Å². The lowest BCUT2D eigenvalue weighted by molar-refractivity contribution is 0.0957. The van der Waals surface area contributed by atoms with E-state index in [0.717, 1.165) is 49.9 Å². The molecule has 156 valence electrons. The van der Waals surface area contributed by atoms with Crippen LogP contribution in [0.3, 0.4) is 0 Å². The fraction of sp³-hybridized carbons (Fsp3) is 0.684. The molecule has 0 aliphatic rings. The van der Waals surface area contributed by atoms with Gasteiger partial charge in [-0.2, -0.15) is 0 Å². The second-order valence-corrected chi connectivity index (χ2v) is 7.25. The number of nitrogens with zero attached hydrogens (tertiary/aromatic N) is 2. The van der Waals surface area contributed by atoms with Gasteiger partial charge in [-0.15, -0.1) is 35.3 Å². The number of thiophene rings is 1. The summed E-state index contributed by atoms with van der Waals surface area (Å²) >= 11 is 1.46. The standard InChI is InChI=1S/C19H35N5OS.HI/c1-5-24(6-2)14-7-10-16(3)23-19(20-4)22-13-9-12-21-18(25)17-11-8-15-26-17;/h8,11,15-16H,5-7,9-10,12-14H2,1-4H3,(H,21,25)(H2,20,22,23);1H. The average Bonchev–Trinajstić information content (AvgIpc) is 3.18. The molecule has 0 saturated heterocycles. The Morgan fingerprint density at radius 2 is 1.93 bits per heavy atom. The van der Waals surface area contributed by atoms with E-state index in [4.69, 9.17) is 0 Å². The van der Waals surface area contributed by atoms with E-state index in [9.17, 15) is 4.79 Å². The highest BCUT2D eigenvalue weighted by Crippen LogP contribution is 2.07. The summed E-state index contributed by atoms with van der Waals surface area (Å²) in [6.45, 7) is 11.4. The van der Waals surface area contributed by atoms with Crippen LogP contribution in [0.5, 0.6) is 0 Å². The molecule has 6 nitrogen and oxygen atoms in total. The molecule has 1 aromatic rings. The van der Waals surface area contributed by atoms with E-state index in [1.54, 1.807) is 7.05 Å². The molecule has 0 spiro atoms. The zero-order valence-corrected chi connectivity index (χ0v) is 20.2. The summed E-state index contributed by atoms with van der Waals surface area (Å²) in [5.74, 6) is 0.828. The van der Waals surface area contributed by atoms with Crippen molar-refractivity contribution in [3.63, 3.8) is 0 Å². The molecular formula is C19H36IN5OS. The van der Waals surface area contributed by atoms with Gasteiger partial charge in [0, 0.05) is 26.2 Å². The molecule has 0 radical (unpaired) electrons. The van der Waals surface area contributed by atoms with E-state index in [1.165, 1.54) is 17.8 Å². The molecule has 0 saturated carbocycles. The molecule has 0 bridgehead atoms. The summed E-state index contributed by atoms with van der Waals surface area (Å²) in [6, 6.07) is 4.11. The fourth-order valence-corrected chi connectivity index (χ4v) is 3.29. The summed E-state index contributed by atoms with van der Waals surface area (Å²) in [6.07, 6.45) is 3.16. The zero-order valence-electron chi connectivity index (χ0n) is 17.1. The van der Waals surface area contributed by atoms with Crippen molar-refractivity contribution in [1.82, 2.24) is 20.9 Å². The van der Waals surface area contributed by atoms with Crippen LogP contribution in [0.2, 0.25) is 0 Å². The first-order valence-electron chi connectivity index (χ1n) is 9.61. The van der Waals surface area contributed by atoms with Crippen molar-refractivity contribution < 1.29 is 4.79 Å². The van der Waals surface area contributed by atoms with E-state index in [0.29, 0.717) is 12.6 Å². The Bertz CT molecular complexity index is 520. The van der Waals surface area contributed by atoms with Crippen molar-refractivity contribution in [2.75, 3.05) is 39.8 Å².